The molecule has 1 N–H and O–H groups in total. The highest BCUT2D eigenvalue weighted by atomic mass is 79.9. The Morgan fingerprint density at radius 3 is 2.37 bits per heavy atom. The van der Waals surface area contributed by atoms with Crippen LogP contribution in [0.15, 0.2) is 48.5 Å². The molecule has 0 aliphatic rings. The molecule has 3 heteroatoms. The van der Waals surface area contributed by atoms with E-state index in [0.717, 1.165) is 29.4 Å². The van der Waals surface area contributed by atoms with Crippen molar-refractivity contribution in [3.05, 3.63) is 70.8 Å². The van der Waals surface area contributed by atoms with Gasteiger partial charge in [-0.3, -0.25) is 0 Å². The Morgan fingerprint density at radius 1 is 1.05 bits per heavy atom. The molecule has 0 aromatic heterocycles. The van der Waals surface area contributed by atoms with Crippen LogP contribution in [0.2, 0.25) is 0 Å². The van der Waals surface area contributed by atoms with E-state index in [2.05, 4.69) is 28.1 Å². The highest BCUT2D eigenvalue weighted by Gasteiger charge is 2.09. The Kier molecular flexibility index (Phi) is 4.88. The van der Waals surface area contributed by atoms with Crippen molar-refractivity contribution in [2.45, 2.75) is 17.9 Å². The lowest BCUT2D eigenvalue weighted by atomic mass is 9.99. The van der Waals surface area contributed by atoms with Crippen LogP contribution >= 0.6 is 15.9 Å². The van der Waals surface area contributed by atoms with Crippen molar-refractivity contribution in [3.63, 3.8) is 0 Å². The summed E-state index contributed by atoms with van der Waals surface area (Å²) in [6.45, 7) is -0.0196. The standard InChI is InChI=1S/C16H15BrO2/c17-16(11-19)15-8-13(7-14(9-15)10-18)6-12-4-2-1-3-5-12/h1-5,7-9,11,16,18H,6,10H2. The first-order valence-electron chi connectivity index (χ1n) is 6.10. The first kappa shape index (κ1) is 14.0. The molecule has 0 amide bonds. The number of rotatable bonds is 5. The first-order valence-corrected chi connectivity index (χ1v) is 7.01. The summed E-state index contributed by atoms with van der Waals surface area (Å²) in [6.07, 6.45) is 1.64. The molecule has 2 aromatic carbocycles. The summed E-state index contributed by atoms with van der Waals surface area (Å²) in [4.78, 5) is 10.5. The first-order chi connectivity index (χ1) is 9.22. The van der Waals surface area contributed by atoms with E-state index in [4.69, 9.17) is 0 Å². The minimum absolute atomic E-state index is 0.0196. The molecule has 2 aromatic rings. The molecule has 2 nitrogen and oxygen atoms in total. The summed E-state index contributed by atoms with van der Waals surface area (Å²) in [6, 6.07) is 16.0. The van der Waals surface area contributed by atoms with Crippen LogP contribution in [0.5, 0.6) is 0 Å². The number of alkyl halides is 1. The van der Waals surface area contributed by atoms with Crippen LogP contribution in [-0.4, -0.2) is 11.4 Å². The molecule has 0 radical (unpaired) electrons. The fourth-order valence-corrected chi connectivity index (χ4v) is 2.32. The molecule has 0 aliphatic heterocycles. The van der Waals surface area contributed by atoms with Gasteiger partial charge in [0.2, 0.25) is 0 Å². The molecular weight excluding hydrogens is 304 g/mol. The summed E-state index contributed by atoms with van der Waals surface area (Å²) in [5, 5.41) is 9.30. The Morgan fingerprint density at radius 2 is 1.74 bits per heavy atom. The number of hydrogen-bond donors (Lipinski definition) is 1. The third-order valence-corrected chi connectivity index (χ3v) is 3.69. The molecule has 1 unspecified atom stereocenters. The van der Waals surface area contributed by atoms with Crippen LogP contribution in [0.25, 0.3) is 0 Å². The molecule has 0 saturated carbocycles. The molecule has 1 atom stereocenters. The number of carbonyl (C=O) groups is 1. The van der Waals surface area contributed by atoms with Crippen LogP contribution in [0.4, 0.5) is 0 Å². The lowest BCUT2D eigenvalue weighted by Crippen LogP contribution is -1.98. The zero-order chi connectivity index (χ0) is 13.7. The third-order valence-electron chi connectivity index (χ3n) is 2.95. The highest BCUT2D eigenvalue weighted by molar-refractivity contribution is 9.09. The van der Waals surface area contributed by atoms with Gasteiger partial charge in [-0.1, -0.05) is 64.5 Å². The van der Waals surface area contributed by atoms with E-state index < -0.39 is 0 Å². The average Bonchev–Trinajstić information content (AvgIpc) is 2.47. The minimum Gasteiger partial charge on any atom is -0.392 e. The summed E-state index contributed by atoms with van der Waals surface area (Å²) in [5.41, 5.74) is 4.02. The number of aldehydes is 1. The van der Waals surface area contributed by atoms with Gasteiger partial charge in [-0.05, 0) is 28.7 Å². The van der Waals surface area contributed by atoms with Crippen LogP contribution < -0.4 is 0 Å². The molecule has 98 valence electrons. The van der Waals surface area contributed by atoms with E-state index in [9.17, 15) is 9.90 Å². The van der Waals surface area contributed by atoms with Crippen molar-refractivity contribution in [2.24, 2.45) is 0 Å². The summed E-state index contributed by atoms with van der Waals surface area (Å²) < 4.78 is 0. The molecule has 0 saturated heterocycles. The summed E-state index contributed by atoms with van der Waals surface area (Å²) in [7, 11) is 0. The molecule has 19 heavy (non-hydrogen) atoms. The molecule has 0 heterocycles. The zero-order valence-electron chi connectivity index (χ0n) is 10.4. The van der Waals surface area contributed by atoms with Crippen molar-refractivity contribution in [1.82, 2.24) is 0 Å². The maximum atomic E-state index is 10.9. The van der Waals surface area contributed by atoms with E-state index in [1.807, 2.05) is 36.4 Å². The fraction of sp³-hybridized carbons (Fsp3) is 0.188. The van der Waals surface area contributed by atoms with Gasteiger partial charge in [0.05, 0.1) is 11.4 Å². The predicted octanol–water partition coefficient (Wildman–Crippen LogP) is 3.40. The normalized spacial score (nSPS) is 12.1. The van der Waals surface area contributed by atoms with Gasteiger partial charge in [-0.15, -0.1) is 0 Å². The van der Waals surface area contributed by atoms with E-state index in [1.165, 1.54) is 5.56 Å². The number of halogens is 1. The van der Waals surface area contributed by atoms with Crippen LogP contribution in [-0.2, 0) is 17.8 Å². The largest absolute Gasteiger partial charge is 0.392 e. The minimum atomic E-state index is -0.325. The van der Waals surface area contributed by atoms with Crippen LogP contribution in [0, 0.1) is 0 Å². The van der Waals surface area contributed by atoms with E-state index in [1.54, 1.807) is 0 Å². The highest BCUT2D eigenvalue weighted by Crippen LogP contribution is 2.24. The van der Waals surface area contributed by atoms with E-state index in [-0.39, 0.29) is 11.4 Å². The second kappa shape index (κ2) is 6.64. The predicted molar refractivity (Wildman–Crippen MR) is 79.3 cm³/mol. The van der Waals surface area contributed by atoms with Gasteiger partial charge in [0.1, 0.15) is 6.29 Å². The Balaban J connectivity index is 2.31. The lowest BCUT2D eigenvalue weighted by molar-refractivity contribution is -0.107. The number of aliphatic hydroxyl groups is 1. The van der Waals surface area contributed by atoms with Crippen LogP contribution in [0.3, 0.4) is 0 Å². The molecule has 0 spiro atoms. The average molecular weight is 319 g/mol. The van der Waals surface area contributed by atoms with Gasteiger partial charge in [-0.2, -0.15) is 0 Å². The molecule has 0 aliphatic carbocycles. The van der Waals surface area contributed by atoms with Gasteiger partial charge in [0, 0.05) is 0 Å². The van der Waals surface area contributed by atoms with Gasteiger partial charge in [0.15, 0.2) is 0 Å². The van der Waals surface area contributed by atoms with Crippen molar-refractivity contribution in [3.8, 4) is 0 Å². The summed E-state index contributed by atoms with van der Waals surface area (Å²) in [5.74, 6) is 0. The third kappa shape index (κ3) is 3.75. The fourth-order valence-electron chi connectivity index (χ4n) is 2.05. The second-order valence-corrected chi connectivity index (χ2v) is 5.43. The van der Waals surface area contributed by atoms with Crippen molar-refractivity contribution < 1.29 is 9.90 Å². The van der Waals surface area contributed by atoms with Gasteiger partial charge >= 0.3 is 0 Å². The Labute approximate surface area is 121 Å². The van der Waals surface area contributed by atoms with Crippen molar-refractivity contribution in [1.29, 1.82) is 0 Å². The van der Waals surface area contributed by atoms with Crippen molar-refractivity contribution >= 4 is 22.2 Å². The summed E-state index contributed by atoms with van der Waals surface area (Å²) >= 11 is 3.32. The quantitative estimate of drug-likeness (QED) is 0.677. The molecule has 0 bridgehead atoms. The Hall–Kier alpha value is -1.45. The topological polar surface area (TPSA) is 37.3 Å². The van der Waals surface area contributed by atoms with Gasteiger partial charge in [-0.25, -0.2) is 0 Å². The smallest absolute Gasteiger partial charge is 0.138 e. The van der Waals surface area contributed by atoms with Crippen LogP contribution in [0.1, 0.15) is 27.1 Å². The number of aliphatic hydroxyl groups excluding tert-OH is 1. The van der Waals surface area contributed by atoms with Gasteiger partial charge in [0.25, 0.3) is 0 Å². The SMILES string of the molecule is O=CC(Br)c1cc(CO)cc(Cc2ccccc2)c1. The van der Waals surface area contributed by atoms with Crippen molar-refractivity contribution in [2.75, 3.05) is 0 Å². The lowest BCUT2D eigenvalue weighted by Gasteiger charge is -2.10. The number of hydrogen-bond acceptors (Lipinski definition) is 2. The number of benzene rings is 2. The maximum Gasteiger partial charge on any atom is 0.138 e. The second-order valence-electron chi connectivity index (χ2n) is 4.44. The monoisotopic (exact) mass is 318 g/mol. The van der Waals surface area contributed by atoms with E-state index in [0.29, 0.717) is 0 Å². The molecular formula is C16H15BrO2. The Bertz CT molecular complexity index is 552. The molecule has 0 fully saturated rings. The van der Waals surface area contributed by atoms with E-state index >= 15 is 0 Å². The maximum absolute atomic E-state index is 10.9. The molecule has 2 rings (SSSR count). The zero-order valence-corrected chi connectivity index (χ0v) is 12.0. The number of carbonyl (C=O) groups excluding carboxylic acids is 1. The van der Waals surface area contributed by atoms with Gasteiger partial charge < -0.3 is 9.90 Å².